The minimum Gasteiger partial charge on any atom is -0.339 e. The van der Waals surface area contributed by atoms with Crippen molar-refractivity contribution in [2.24, 2.45) is 5.73 Å². The number of hydrogen-bond donors (Lipinski definition) is 1. The van der Waals surface area contributed by atoms with Gasteiger partial charge in [0.25, 0.3) is 0 Å². The first-order valence-electron chi connectivity index (χ1n) is 5.83. The monoisotopic (exact) mass is 236 g/mol. The molecule has 0 atom stereocenters. The van der Waals surface area contributed by atoms with E-state index in [-0.39, 0.29) is 23.7 Å². The predicted octanol–water partition coefficient (Wildman–Crippen LogP) is 1.32. The second-order valence-corrected chi connectivity index (χ2v) is 4.77. The van der Waals surface area contributed by atoms with E-state index < -0.39 is 0 Å². The van der Waals surface area contributed by atoms with E-state index in [1.54, 1.807) is 17.0 Å². The van der Waals surface area contributed by atoms with Crippen molar-refractivity contribution in [1.82, 2.24) is 4.90 Å². The summed E-state index contributed by atoms with van der Waals surface area (Å²) in [6.07, 6.45) is 1.12. The number of hydrogen-bond acceptors (Lipinski definition) is 2. The maximum atomic E-state index is 12.9. The lowest BCUT2D eigenvalue weighted by Gasteiger charge is -2.47. The van der Waals surface area contributed by atoms with Crippen molar-refractivity contribution in [3.63, 3.8) is 0 Å². The topological polar surface area (TPSA) is 46.3 Å². The quantitative estimate of drug-likeness (QED) is 0.860. The molecule has 2 rings (SSSR count). The average Bonchev–Trinajstić information content (AvgIpc) is 2.24. The molecule has 1 aliphatic heterocycles. The molecule has 3 nitrogen and oxygen atoms in total. The zero-order valence-corrected chi connectivity index (χ0v) is 9.95. The Hall–Kier alpha value is -1.42. The number of nitrogens with two attached hydrogens (primary N) is 1. The molecule has 0 aliphatic carbocycles. The van der Waals surface area contributed by atoms with Crippen molar-refractivity contribution in [3.05, 3.63) is 35.6 Å². The molecule has 0 unspecified atom stereocenters. The first-order valence-corrected chi connectivity index (χ1v) is 5.83. The van der Waals surface area contributed by atoms with Crippen molar-refractivity contribution in [2.45, 2.75) is 25.3 Å². The van der Waals surface area contributed by atoms with Crippen LogP contribution in [-0.2, 0) is 11.2 Å². The van der Waals surface area contributed by atoms with Gasteiger partial charge in [0, 0.05) is 13.1 Å². The molecule has 0 bridgehead atoms. The molecule has 2 N–H and O–H groups in total. The Kier molecular flexibility index (Phi) is 3.15. The lowest BCUT2D eigenvalue weighted by Crippen LogP contribution is -2.68. The third kappa shape index (κ3) is 2.64. The Bertz CT molecular complexity index is 427. The minimum absolute atomic E-state index is 0.0186. The number of amides is 1. The van der Waals surface area contributed by atoms with Gasteiger partial charge in [0.2, 0.25) is 5.91 Å². The highest BCUT2D eigenvalue weighted by Crippen LogP contribution is 2.22. The minimum atomic E-state index is -0.305. The molecule has 1 saturated heterocycles. The zero-order valence-electron chi connectivity index (χ0n) is 9.95. The van der Waals surface area contributed by atoms with Gasteiger partial charge in [-0.1, -0.05) is 19.1 Å². The number of carbonyl (C=O) groups is 1. The summed E-state index contributed by atoms with van der Waals surface area (Å²) >= 11 is 0. The number of benzene rings is 1. The van der Waals surface area contributed by atoms with Crippen LogP contribution >= 0.6 is 0 Å². The smallest absolute Gasteiger partial charge is 0.227 e. The molecule has 0 saturated carbocycles. The third-order valence-corrected chi connectivity index (χ3v) is 3.31. The fourth-order valence-corrected chi connectivity index (χ4v) is 2.05. The van der Waals surface area contributed by atoms with Crippen molar-refractivity contribution in [2.75, 3.05) is 13.1 Å². The lowest BCUT2D eigenvalue weighted by molar-refractivity contribution is -0.137. The Morgan fingerprint density at radius 1 is 1.53 bits per heavy atom. The van der Waals surface area contributed by atoms with Gasteiger partial charge in [-0.2, -0.15) is 0 Å². The Morgan fingerprint density at radius 2 is 2.24 bits per heavy atom. The predicted molar refractivity (Wildman–Crippen MR) is 63.9 cm³/mol. The van der Waals surface area contributed by atoms with Crippen LogP contribution in [0.1, 0.15) is 18.9 Å². The number of rotatable bonds is 3. The molecule has 1 amide bonds. The van der Waals surface area contributed by atoms with Gasteiger partial charge >= 0.3 is 0 Å². The third-order valence-electron chi connectivity index (χ3n) is 3.31. The molecule has 1 fully saturated rings. The molecule has 92 valence electrons. The fraction of sp³-hybridized carbons (Fsp3) is 0.462. The molecule has 4 heteroatoms. The molecule has 1 heterocycles. The van der Waals surface area contributed by atoms with Gasteiger partial charge in [0.05, 0.1) is 12.0 Å². The molecule has 1 aromatic carbocycles. The largest absolute Gasteiger partial charge is 0.339 e. The van der Waals surface area contributed by atoms with Crippen LogP contribution < -0.4 is 5.73 Å². The van der Waals surface area contributed by atoms with Crippen molar-refractivity contribution < 1.29 is 9.18 Å². The van der Waals surface area contributed by atoms with Gasteiger partial charge in [-0.25, -0.2) is 4.39 Å². The first kappa shape index (κ1) is 12.0. The van der Waals surface area contributed by atoms with E-state index in [1.165, 1.54) is 12.1 Å². The van der Waals surface area contributed by atoms with Crippen LogP contribution in [0.4, 0.5) is 4.39 Å². The highest BCUT2D eigenvalue weighted by atomic mass is 19.1. The standard InChI is InChI=1S/C13H17FN2O/c1-2-13(15)8-16(9-13)12(17)7-10-4-3-5-11(14)6-10/h3-6H,2,7-9,15H2,1H3. The zero-order chi connectivity index (χ0) is 12.5. The van der Waals surface area contributed by atoms with E-state index in [1.807, 2.05) is 6.92 Å². The number of nitrogens with zero attached hydrogens (tertiary/aromatic N) is 1. The van der Waals surface area contributed by atoms with E-state index in [0.29, 0.717) is 18.7 Å². The Morgan fingerprint density at radius 3 is 2.82 bits per heavy atom. The summed E-state index contributed by atoms with van der Waals surface area (Å²) in [5.74, 6) is -0.286. The Balaban J connectivity index is 1.91. The van der Waals surface area contributed by atoms with E-state index >= 15 is 0 Å². The second kappa shape index (κ2) is 4.45. The molecule has 0 aromatic heterocycles. The maximum absolute atomic E-state index is 12.9. The normalized spacial score (nSPS) is 17.7. The van der Waals surface area contributed by atoms with Gasteiger partial charge in [-0.05, 0) is 24.1 Å². The van der Waals surface area contributed by atoms with Gasteiger partial charge in [0.1, 0.15) is 5.82 Å². The molecular weight excluding hydrogens is 219 g/mol. The second-order valence-electron chi connectivity index (χ2n) is 4.77. The summed E-state index contributed by atoms with van der Waals surface area (Å²) in [5.41, 5.74) is 6.49. The van der Waals surface area contributed by atoms with Gasteiger partial charge in [-0.15, -0.1) is 0 Å². The fourth-order valence-electron chi connectivity index (χ4n) is 2.05. The van der Waals surface area contributed by atoms with Crippen LogP contribution in [0.25, 0.3) is 0 Å². The molecule has 0 spiro atoms. The summed E-state index contributed by atoms with van der Waals surface area (Å²) in [4.78, 5) is 13.6. The number of halogens is 1. The van der Waals surface area contributed by atoms with E-state index in [9.17, 15) is 9.18 Å². The summed E-state index contributed by atoms with van der Waals surface area (Å²) in [5, 5.41) is 0. The van der Waals surface area contributed by atoms with Crippen LogP contribution in [0.5, 0.6) is 0 Å². The van der Waals surface area contributed by atoms with E-state index in [4.69, 9.17) is 5.73 Å². The molecule has 1 aromatic rings. The van der Waals surface area contributed by atoms with Gasteiger partial charge in [0.15, 0.2) is 0 Å². The van der Waals surface area contributed by atoms with Crippen molar-refractivity contribution in [3.8, 4) is 0 Å². The van der Waals surface area contributed by atoms with E-state index in [2.05, 4.69) is 0 Å². The Labute approximate surface area is 100 Å². The van der Waals surface area contributed by atoms with Crippen LogP contribution in [0.3, 0.4) is 0 Å². The summed E-state index contributed by atoms with van der Waals surface area (Å²) < 4.78 is 12.9. The number of carbonyl (C=O) groups excluding carboxylic acids is 1. The van der Waals surface area contributed by atoms with Crippen LogP contribution in [-0.4, -0.2) is 29.4 Å². The summed E-state index contributed by atoms with van der Waals surface area (Å²) in [7, 11) is 0. The molecule has 0 radical (unpaired) electrons. The highest BCUT2D eigenvalue weighted by molar-refractivity contribution is 5.80. The van der Waals surface area contributed by atoms with Crippen LogP contribution in [0.15, 0.2) is 24.3 Å². The number of likely N-dealkylation sites (tertiary alicyclic amines) is 1. The molecular formula is C13H17FN2O. The van der Waals surface area contributed by atoms with Crippen molar-refractivity contribution >= 4 is 5.91 Å². The highest BCUT2D eigenvalue weighted by Gasteiger charge is 2.39. The molecule has 1 aliphatic rings. The van der Waals surface area contributed by atoms with Crippen molar-refractivity contribution in [1.29, 1.82) is 0 Å². The van der Waals surface area contributed by atoms with E-state index in [0.717, 1.165) is 6.42 Å². The van der Waals surface area contributed by atoms with Crippen LogP contribution in [0, 0.1) is 5.82 Å². The van der Waals surface area contributed by atoms with Crippen LogP contribution in [0.2, 0.25) is 0 Å². The summed E-state index contributed by atoms with van der Waals surface area (Å²) in [6.45, 7) is 3.24. The molecule has 17 heavy (non-hydrogen) atoms. The van der Waals surface area contributed by atoms with Gasteiger partial charge < -0.3 is 10.6 Å². The lowest BCUT2D eigenvalue weighted by atomic mass is 9.88. The maximum Gasteiger partial charge on any atom is 0.227 e. The van der Waals surface area contributed by atoms with Gasteiger partial charge in [-0.3, -0.25) is 4.79 Å². The summed E-state index contributed by atoms with van der Waals surface area (Å²) in [6, 6.07) is 6.15. The first-order chi connectivity index (χ1) is 8.02. The average molecular weight is 236 g/mol. The SMILES string of the molecule is CCC1(N)CN(C(=O)Cc2cccc(F)c2)C1.